The number of hydrogen-bond donors (Lipinski definition) is 1. The minimum Gasteiger partial charge on any atom is -0.508 e. The van der Waals surface area contributed by atoms with E-state index in [1.165, 1.54) is 9.13 Å². The van der Waals surface area contributed by atoms with Crippen molar-refractivity contribution in [2.45, 2.75) is 33.5 Å². The molecule has 2 aromatic heterocycles. The van der Waals surface area contributed by atoms with E-state index in [4.69, 9.17) is 4.98 Å². The zero-order valence-electron chi connectivity index (χ0n) is 16.4. The molecule has 0 saturated carbocycles. The van der Waals surface area contributed by atoms with Crippen molar-refractivity contribution in [3.8, 4) is 17.1 Å². The molecule has 0 saturated heterocycles. The largest absolute Gasteiger partial charge is 0.508 e. The number of benzene rings is 2. The topological polar surface area (TPSA) is 82.1 Å². The number of nitrogens with zero attached hydrogens (tertiary/aromatic N) is 4. The fourth-order valence-electron chi connectivity index (χ4n) is 3.61. The Balaban J connectivity index is 2.09. The molecular formula is C22H22N4O3. The Labute approximate surface area is 167 Å². The maximum Gasteiger partial charge on any atom is 0.332 e. The van der Waals surface area contributed by atoms with E-state index in [1.807, 2.05) is 41.8 Å². The summed E-state index contributed by atoms with van der Waals surface area (Å²) < 4.78 is 4.64. The van der Waals surface area contributed by atoms with Gasteiger partial charge in [0, 0.05) is 25.2 Å². The quantitative estimate of drug-likeness (QED) is 0.568. The van der Waals surface area contributed by atoms with Crippen LogP contribution < -0.4 is 11.2 Å². The van der Waals surface area contributed by atoms with Crippen molar-refractivity contribution in [1.29, 1.82) is 0 Å². The van der Waals surface area contributed by atoms with Crippen LogP contribution in [0.15, 0.2) is 64.2 Å². The molecule has 1 N–H and O–H groups in total. The normalized spacial score (nSPS) is 11.2. The third-order valence-electron chi connectivity index (χ3n) is 5.06. The van der Waals surface area contributed by atoms with Crippen molar-refractivity contribution >= 4 is 11.2 Å². The number of phenolic OH excluding ortho intramolecular Hbond substituents is 1. The summed E-state index contributed by atoms with van der Waals surface area (Å²) in [6.07, 6.45) is 0. The van der Waals surface area contributed by atoms with E-state index in [0.29, 0.717) is 36.6 Å². The SMILES string of the molecule is CCn1c(=O)c2c(nc(-c3ccc(O)cc3)n2Cc2ccccc2)n(CC)c1=O. The Morgan fingerprint density at radius 2 is 1.52 bits per heavy atom. The molecule has 0 atom stereocenters. The predicted octanol–water partition coefficient (Wildman–Crippen LogP) is 2.82. The third kappa shape index (κ3) is 3.14. The summed E-state index contributed by atoms with van der Waals surface area (Å²) in [5, 5.41) is 9.65. The summed E-state index contributed by atoms with van der Waals surface area (Å²) in [7, 11) is 0. The molecule has 2 aromatic carbocycles. The van der Waals surface area contributed by atoms with Crippen molar-refractivity contribution in [3.63, 3.8) is 0 Å². The smallest absolute Gasteiger partial charge is 0.332 e. The van der Waals surface area contributed by atoms with E-state index < -0.39 is 0 Å². The summed E-state index contributed by atoms with van der Waals surface area (Å²) in [5.41, 5.74) is 1.86. The van der Waals surface area contributed by atoms with Crippen molar-refractivity contribution in [3.05, 3.63) is 81.0 Å². The van der Waals surface area contributed by atoms with Crippen LogP contribution >= 0.6 is 0 Å². The van der Waals surface area contributed by atoms with Gasteiger partial charge in [-0.15, -0.1) is 0 Å². The first-order valence-electron chi connectivity index (χ1n) is 9.62. The van der Waals surface area contributed by atoms with Gasteiger partial charge in [-0.3, -0.25) is 13.9 Å². The van der Waals surface area contributed by atoms with E-state index in [-0.39, 0.29) is 17.0 Å². The molecule has 0 amide bonds. The minimum atomic E-state index is -0.353. The average Bonchev–Trinajstić information content (AvgIpc) is 3.09. The lowest BCUT2D eigenvalue weighted by molar-refractivity contribution is 0.475. The van der Waals surface area contributed by atoms with Gasteiger partial charge in [-0.05, 0) is 43.7 Å². The van der Waals surface area contributed by atoms with E-state index in [2.05, 4.69) is 0 Å². The Bertz CT molecular complexity index is 1280. The maximum atomic E-state index is 13.2. The number of fused-ring (bicyclic) bond motifs is 1. The summed E-state index contributed by atoms with van der Waals surface area (Å²) in [6.45, 7) is 4.79. The van der Waals surface area contributed by atoms with Crippen molar-refractivity contribution in [2.24, 2.45) is 0 Å². The molecule has 7 nitrogen and oxygen atoms in total. The molecule has 4 aromatic rings. The number of aromatic nitrogens is 4. The molecule has 0 aliphatic rings. The van der Waals surface area contributed by atoms with Crippen LogP contribution in [-0.4, -0.2) is 23.8 Å². The highest BCUT2D eigenvalue weighted by atomic mass is 16.3. The highest BCUT2D eigenvalue weighted by Crippen LogP contribution is 2.25. The van der Waals surface area contributed by atoms with Gasteiger partial charge in [-0.1, -0.05) is 30.3 Å². The fraction of sp³-hybridized carbons (Fsp3) is 0.227. The highest BCUT2D eigenvalue weighted by Gasteiger charge is 2.21. The summed E-state index contributed by atoms with van der Waals surface area (Å²) in [4.78, 5) is 30.7. The van der Waals surface area contributed by atoms with Gasteiger partial charge < -0.3 is 9.67 Å². The van der Waals surface area contributed by atoms with Crippen LogP contribution in [0.25, 0.3) is 22.6 Å². The van der Waals surface area contributed by atoms with Crippen LogP contribution in [0, 0.1) is 0 Å². The lowest BCUT2D eigenvalue weighted by Crippen LogP contribution is -2.40. The van der Waals surface area contributed by atoms with E-state index in [9.17, 15) is 14.7 Å². The third-order valence-corrected chi connectivity index (χ3v) is 5.06. The van der Waals surface area contributed by atoms with Crippen LogP contribution in [-0.2, 0) is 19.6 Å². The first-order chi connectivity index (χ1) is 14.0. The second kappa shape index (κ2) is 7.43. The first kappa shape index (κ1) is 18.7. The van der Waals surface area contributed by atoms with Crippen molar-refractivity contribution in [1.82, 2.24) is 18.7 Å². The Hall–Kier alpha value is -3.61. The van der Waals surface area contributed by atoms with Gasteiger partial charge >= 0.3 is 5.69 Å². The Morgan fingerprint density at radius 1 is 0.862 bits per heavy atom. The van der Waals surface area contributed by atoms with E-state index in [1.54, 1.807) is 31.2 Å². The van der Waals surface area contributed by atoms with Gasteiger partial charge in [-0.2, -0.15) is 0 Å². The predicted molar refractivity (Wildman–Crippen MR) is 112 cm³/mol. The monoisotopic (exact) mass is 390 g/mol. The number of imidazole rings is 1. The molecular weight excluding hydrogens is 368 g/mol. The molecule has 0 spiro atoms. The van der Waals surface area contributed by atoms with Crippen molar-refractivity contribution in [2.75, 3.05) is 0 Å². The number of hydrogen-bond acceptors (Lipinski definition) is 4. The van der Waals surface area contributed by atoms with Gasteiger partial charge in [0.05, 0.1) is 0 Å². The average molecular weight is 390 g/mol. The van der Waals surface area contributed by atoms with E-state index in [0.717, 1.165) is 11.1 Å². The second-order valence-corrected chi connectivity index (χ2v) is 6.80. The molecule has 0 fully saturated rings. The maximum absolute atomic E-state index is 13.2. The minimum absolute atomic E-state index is 0.151. The van der Waals surface area contributed by atoms with Crippen LogP contribution in [0.2, 0.25) is 0 Å². The summed E-state index contributed by atoms with van der Waals surface area (Å²) >= 11 is 0. The number of rotatable bonds is 5. The molecule has 4 rings (SSSR count). The number of phenols is 1. The zero-order chi connectivity index (χ0) is 20.5. The lowest BCUT2D eigenvalue weighted by Gasteiger charge is -2.11. The van der Waals surface area contributed by atoms with Crippen LogP contribution in [0.5, 0.6) is 5.75 Å². The van der Waals surface area contributed by atoms with Gasteiger partial charge in [0.25, 0.3) is 5.56 Å². The standard InChI is InChI=1S/C22H22N4O3/c1-3-24-20-18(21(28)25(4-2)22(24)29)26(14-15-8-6-5-7-9-15)19(23-20)16-10-12-17(27)13-11-16/h5-13,27H,3-4,14H2,1-2H3. The molecule has 29 heavy (non-hydrogen) atoms. The van der Waals surface area contributed by atoms with E-state index >= 15 is 0 Å². The zero-order valence-corrected chi connectivity index (χ0v) is 16.4. The summed E-state index contributed by atoms with van der Waals surface area (Å²) in [5.74, 6) is 0.731. The molecule has 0 aliphatic carbocycles. The summed E-state index contributed by atoms with van der Waals surface area (Å²) in [6, 6.07) is 16.5. The number of aryl methyl sites for hydroxylation is 1. The first-order valence-corrected chi connectivity index (χ1v) is 9.62. The van der Waals surface area contributed by atoms with Gasteiger partial charge in [0.2, 0.25) is 0 Å². The van der Waals surface area contributed by atoms with Crippen LogP contribution in [0.4, 0.5) is 0 Å². The molecule has 0 bridgehead atoms. The van der Waals surface area contributed by atoms with Gasteiger partial charge in [0.1, 0.15) is 11.6 Å². The molecule has 0 radical (unpaired) electrons. The molecule has 2 heterocycles. The fourth-order valence-corrected chi connectivity index (χ4v) is 3.61. The second-order valence-electron chi connectivity index (χ2n) is 6.80. The Kier molecular flexibility index (Phi) is 4.80. The Morgan fingerprint density at radius 3 is 2.14 bits per heavy atom. The lowest BCUT2D eigenvalue weighted by atomic mass is 10.2. The van der Waals surface area contributed by atoms with Gasteiger partial charge in [-0.25, -0.2) is 9.78 Å². The number of aromatic hydroxyl groups is 1. The van der Waals surface area contributed by atoms with Crippen LogP contribution in [0.1, 0.15) is 19.4 Å². The molecule has 148 valence electrons. The molecule has 0 aliphatic heterocycles. The van der Waals surface area contributed by atoms with Crippen LogP contribution in [0.3, 0.4) is 0 Å². The van der Waals surface area contributed by atoms with Crippen molar-refractivity contribution < 1.29 is 5.11 Å². The highest BCUT2D eigenvalue weighted by molar-refractivity contribution is 5.77. The van der Waals surface area contributed by atoms with Gasteiger partial charge in [0.15, 0.2) is 11.2 Å². The molecule has 7 heteroatoms. The molecule has 0 unspecified atom stereocenters.